The lowest BCUT2D eigenvalue weighted by molar-refractivity contribution is 0.204. The minimum atomic E-state index is -3.54. The quantitative estimate of drug-likeness (QED) is 0.470. The summed E-state index contributed by atoms with van der Waals surface area (Å²) in [5, 5.41) is 0. The molecule has 0 spiro atoms. The fourth-order valence-electron chi connectivity index (χ4n) is 1.44. The van der Waals surface area contributed by atoms with Crippen LogP contribution in [-0.2, 0) is 21.5 Å². The molecule has 0 unspecified atom stereocenters. The van der Waals surface area contributed by atoms with Crippen LogP contribution >= 0.6 is 0 Å². The van der Waals surface area contributed by atoms with Crippen LogP contribution in [0, 0.1) is 11.8 Å². The van der Waals surface area contributed by atoms with Gasteiger partial charge in [-0.15, -0.1) is 0 Å². The van der Waals surface area contributed by atoms with E-state index in [2.05, 4.69) is 21.3 Å². The van der Waals surface area contributed by atoms with Crippen LogP contribution in [0.1, 0.15) is 11.1 Å². The monoisotopic (exact) mass is 297 g/mol. The Balaban J connectivity index is 2.65. The second-order valence-corrected chi connectivity index (χ2v) is 5.46. The number of methoxy groups -OCH3 is 1. The van der Waals surface area contributed by atoms with Gasteiger partial charge >= 0.3 is 0 Å². The number of hydrogen-bond donors (Lipinski definition) is 3. The molecule has 7 heteroatoms. The minimum Gasteiger partial charge on any atom is -0.383 e. The summed E-state index contributed by atoms with van der Waals surface area (Å²) >= 11 is 0. The number of benzene rings is 1. The van der Waals surface area contributed by atoms with Crippen molar-refractivity contribution in [3.05, 3.63) is 35.4 Å². The zero-order chi connectivity index (χ0) is 14.8. The largest absolute Gasteiger partial charge is 0.383 e. The molecule has 1 aromatic carbocycles. The molecule has 0 amide bonds. The van der Waals surface area contributed by atoms with Crippen molar-refractivity contribution >= 4 is 10.2 Å². The molecule has 0 heterocycles. The Labute approximate surface area is 119 Å². The van der Waals surface area contributed by atoms with Gasteiger partial charge in [0, 0.05) is 25.8 Å². The first kappa shape index (κ1) is 16.6. The summed E-state index contributed by atoms with van der Waals surface area (Å²) in [4.78, 5) is 0. The van der Waals surface area contributed by atoms with Gasteiger partial charge in [0.25, 0.3) is 10.2 Å². The van der Waals surface area contributed by atoms with E-state index in [-0.39, 0.29) is 19.6 Å². The molecule has 110 valence electrons. The first-order valence-corrected chi connectivity index (χ1v) is 7.57. The van der Waals surface area contributed by atoms with Gasteiger partial charge in [0.05, 0.1) is 13.2 Å². The number of hydrogen-bond acceptors (Lipinski definition) is 4. The van der Waals surface area contributed by atoms with Crippen LogP contribution < -0.4 is 15.2 Å². The third-order valence-corrected chi connectivity index (χ3v) is 3.50. The molecular formula is C13H19N3O3S. The highest BCUT2D eigenvalue weighted by Crippen LogP contribution is 2.07. The van der Waals surface area contributed by atoms with Crippen LogP contribution in [-0.4, -0.2) is 35.2 Å². The molecule has 4 N–H and O–H groups in total. The van der Waals surface area contributed by atoms with Gasteiger partial charge in [-0.1, -0.05) is 30.0 Å². The van der Waals surface area contributed by atoms with Crippen molar-refractivity contribution in [2.24, 2.45) is 5.73 Å². The molecule has 0 saturated heterocycles. The summed E-state index contributed by atoms with van der Waals surface area (Å²) in [5.74, 6) is 5.66. The minimum absolute atomic E-state index is 0.164. The maximum absolute atomic E-state index is 11.7. The van der Waals surface area contributed by atoms with Crippen LogP contribution in [0.3, 0.4) is 0 Å². The Morgan fingerprint density at radius 1 is 1.30 bits per heavy atom. The van der Waals surface area contributed by atoms with E-state index in [4.69, 9.17) is 10.5 Å². The van der Waals surface area contributed by atoms with Crippen molar-refractivity contribution in [2.45, 2.75) is 6.54 Å². The Morgan fingerprint density at radius 3 is 2.75 bits per heavy atom. The second-order valence-electron chi connectivity index (χ2n) is 3.87. The van der Waals surface area contributed by atoms with Gasteiger partial charge < -0.3 is 10.5 Å². The van der Waals surface area contributed by atoms with Crippen LogP contribution in [0.25, 0.3) is 0 Å². The highest BCUT2D eigenvalue weighted by molar-refractivity contribution is 7.87. The second kappa shape index (κ2) is 8.68. The molecule has 1 rings (SSSR count). The van der Waals surface area contributed by atoms with E-state index in [9.17, 15) is 8.42 Å². The average molecular weight is 297 g/mol. The van der Waals surface area contributed by atoms with Gasteiger partial charge in [0.15, 0.2) is 0 Å². The Bertz CT molecular complexity index is 576. The summed E-state index contributed by atoms with van der Waals surface area (Å²) < 4.78 is 32.9. The predicted octanol–water partition coefficient (Wildman–Crippen LogP) is -0.433. The molecule has 0 radical (unpaired) electrons. The molecule has 20 heavy (non-hydrogen) atoms. The standard InChI is InChI=1S/C13H19N3O3S/c1-19-10-9-15-20(17,18)16-11-13-6-3-2-5-12(13)7-4-8-14/h2-3,5-6,15-16H,8-11,14H2,1H3. The highest BCUT2D eigenvalue weighted by Gasteiger charge is 2.09. The Kier molecular flexibility index (Phi) is 7.22. The number of rotatable bonds is 7. The zero-order valence-electron chi connectivity index (χ0n) is 11.3. The van der Waals surface area contributed by atoms with E-state index >= 15 is 0 Å². The van der Waals surface area contributed by atoms with Crippen molar-refractivity contribution < 1.29 is 13.2 Å². The summed E-state index contributed by atoms with van der Waals surface area (Å²) in [5.41, 5.74) is 6.89. The number of nitrogens with one attached hydrogen (secondary N) is 2. The van der Waals surface area contributed by atoms with E-state index in [0.29, 0.717) is 6.61 Å². The number of ether oxygens (including phenoxy) is 1. The third kappa shape index (κ3) is 6.14. The van der Waals surface area contributed by atoms with E-state index in [1.54, 1.807) is 0 Å². The maximum atomic E-state index is 11.7. The summed E-state index contributed by atoms with van der Waals surface area (Å²) in [6, 6.07) is 7.31. The topological polar surface area (TPSA) is 93.4 Å². The van der Waals surface area contributed by atoms with Crippen molar-refractivity contribution in [2.75, 3.05) is 26.8 Å². The molecule has 6 nitrogen and oxygen atoms in total. The number of nitrogens with two attached hydrogens (primary N) is 1. The molecule has 0 bridgehead atoms. The van der Waals surface area contributed by atoms with Crippen LogP contribution in [0.5, 0.6) is 0 Å². The Morgan fingerprint density at radius 2 is 2.05 bits per heavy atom. The fraction of sp³-hybridized carbons (Fsp3) is 0.385. The molecule has 0 atom stereocenters. The van der Waals surface area contributed by atoms with Gasteiger partial charge in [-0.05, 0) is 11.6 Å². The van der Waals surface area contributed by atoms with Crippen molar-refractivity contribution in [3.63, 3.8) is 0 Å². The van der Waals surface area contributed by atoms with Gasteiger partial charge in [-0.3, -0.25) is 0 Å². The molecule has 0 aromatic heterocycles. The first-order chi connectivity index (χ1) is 9.59. The first-order valence-electron chi connectivity index (χ1n) is 6.09. The highest BCUT2D eigenvalue weighted by atomic mass is 32.2. The molecule has 0 aliphatic heterocycles. The molecule has 0 aliphatic carbocycles. The van der Waals surface area contributed by atoms with E-state index in [1.807, 2.05) is 24.3 Å². The van der Waals surface area contributed by atoms with Crippen molar-refractivity contribution in [1.29, 1.82) is 0 Å². The van der Waals surface area contributed by atoms with Crippen LogP contribution in [0.4, 0.5) is 0 Å². The Hall–Kier alpha value is -1.43. The lowest BCUT2D eigenvalue weighted by Crippen LogP contribution is -2.37. The molecular weight excluding hydrogens is 278 g/mol. The molecule has 0 saturated carbocycles. The van der Waals surface area contributed by atoms with Crippen LogP contribution in [0.15, 0.2) is 24.3 Å². The van der Waals surface area contributed by atoms with Crippen molar-refractivity contribution in [1.82, 2.24) is 9.44 Å². The molecule has 0 fully saturated rings. The predicted molar refractivity (Wildman–Crippen MR) is 78.0 cm³/mol. The normalized spacial score (nSPS) is 10.9. The summed E-state index contributed by atoms with van der Waals surface area (Å²) in [7, 11) is -2.03. The van der Waals surface area contributed by atoms with Crippen LogP contribution in [0.2, 0.25) is 0 Å². The fourth-order valence-corrected chi connectivity index (χ4v) is 2.24. The third-order valence-electron chi connectivity index (χ3n) is 2.39. The maximum Gasteiger partial charge on any atom is 0.277 e. The summed E-state index contributed by atoms with van der Waals surface area (Å²) in [6.07, 6.45) is 0. The lowest BCUT2D eigenvalue weighted by Gasteiger charge is -2.09. The molecule has 0 aliphatic rings. The van der Waals surface area contributed by atoms with Gasteiger partial charge in [0.1, 0.15) is 0 Å². The smallest absolute Gasteiger partial charge is 0.277 e. The van der Waals surface area contributed by atoms with Gasteiger partial charge in [-0.25, -0.2) is 0 Å². The van der Waals surface area contributed by atoms with Crippen molar-refractivity contribution in [3.8, 4) is 11.8 Å². The van der Waals surface area contributed by atoms with E-state index in [0.717, 1.165) is 11.1 Å². The van der Waals surface area contributed by atoms with Gasteiger partial charge in [-0.2, -0.15) is 17.9 Å². The van der Waals surface area contributed by atoms with E-state index < -0.39 is 10.2 Å². The van der Waals surface area contributed by atoms with Gasteiger partial charge in [0.2, 0.25) is 0 Å². The SMILES string of the molecule is COCCNS(=O)(=O)NCc1ccccc1C#CCN. The summed E-state index contributed by atoms with van der Waals surface area (Å²) in [6.45, 7) is 0.969. The van der Waals surface area contributed by atoms with E-state index in [1.165, 1.54) is 7.11 Å². The average Bonchev–Trinajstić information content (AvgIpc) is 2.44. The molecule has 1 aromatic rings. The lowest BCUT2D eigenvalue weighted by atomic mass is 10.1. The zero-order valence-corrected chi connectivity index (χ0v) is 12.2.